The number of fused-ring (bicyclic) bond motifs is 1. The van der Waals surface area contributed by atoms with E-state index in [4.69, 9.17) is 4.98 Å². The summed E-state index contributed by atoms with van der Waals surface area (Å²) in [6.07, 6.45) is 1.50. The molecule has 1 aromatic carbocycles. The van der Waals surface area contributed by atoms with Gasteiger partial charge >= 0.3 is 6.03 Å². The molecule has 1 fully saturated rings. The van der Waals surface area contributed by atoms with Crippen molar-refractivity contribution < 1.29 is 14.1 Å². The number of benzene rings is 1. The lowest BCUT2D eigenvalue weighted by molar-refractivity contribution is -0.123. The molecule has 1 aliphatic rings. The maximum Gasteiger partial charge on any atom is 0.322 e. The Morgan fingerprint density at radius 3 is 2.62 bits per heavy atom. The van der Waals surface area contributed by atoms with Crippen LogP contribution in [0.25, 0.3) is 16.2 Å². The smallest absolute Gasteiger partial charge is 0.322 e. The van der Waals surface area contributed by atoms with Gasteiger partial charge in [0.15, 0.2) is 5.65 Å². The lowest BCUT2D eigenvalue weighted by Crippen LogP contribution is -2.40. The van der Waals surface area contributed by atoms with Gasteiger partial charge in [0.2, 0.25) is 5.03 Å². The highest BCUT2D eigenvalue weighted by atomic mass is 32.2. The highest BCUT2D eigenvalue weighted by molar-refractivity contribution is 7.90. The molecule has 1 aliphatic heterocycles. The van der Waals surface area contributed by atoms with E-state index in [-0.39, 0.29) is 0 Å². The van der Waals surface area contributed by atoms with Crippen molar-refractivity contribution in [1.29, 1.82) is 0 Å². The van der Waals surface area contributed by atoms with E-state index in [0.717, 1.165) is 15.3 Å². The number of thiophene rings is 1. The van der Waals surface area contributed by atoms with Crippen molar-refractivity contribution in [2.45, 2.75) is 30.2 Å². The molecule has 0 bridgehead atoms. The zero-order valence-corrected chi connectivity index (χ0v) is 18.9. The van der Waals surface area contributed by atoms with Crippen LogP contribution in [0.2, 0.25) is 0 Å². The molecule has 4 aromatic rings. The standard InChI is InChI=1S/C22H19N5O3S2/c1-13-8-9-17(31-13)16-10-18(32(30)12-14-6-4-3-5-7-14)27-19(24-16)15(11-23-27)22(2)20(28)25-21(29)26-22/h3-11H,12H2,1-2H3,(H2,25,26,28,29). The van der Waals surface area contributed by atoms with E-state index in [1.165, 1.54) is 10.7 Å². The fraction of sp³-hybridized carbons (Fsp3) is 0.182. The number of amides is 3. The maximum absolute atomic E-state index is 13.4. The van der Waals surface area contributed by atoms with Crippen LogP contribution in [0.4, 0.5) is 4.79 Å². The molecular weight excluding hydrogens is 446 g/mol. The number of aryl methyl sites for hydroxylation is 1. The molecule has 3 amide bonds. The molecular formula is C22H19N5O3S2. The summed E-state index contributed by atoms with van der Waals surface area (Å²) in [5.41, 5.74) is 1.07. The van der Waals surface area contributed by atoms with Gasteiger partial charge in [-0.25, -0.2) is 9.78 Å². The van der Waals surface area contributed by atoms with Crippen molar-refractivity contribution in [1.82, 2.24) is 25.2 Å². The summed E-state index contributed by atoms with van der Waals surface area (Å²) in [6.45, 7) is 3.61. The van der Waals surface area contributed by atoms with Crippen LogP contribution >= 0.6 is 11.3 Å². The summed E-state index contributed by atoms with van der Waals surface area (Å²) >= 11 is 0.148. The van der Waals surface area contributed by atoms with Gasteiger partial charge in [-0.1, -0.05) is 30.3 Å². The van der Waals surface area contributed by atoms with Gasteiger partial charge in [0, 0.05) is 27.7 Å². The lowest BCUT2D eigenvalue weighted by atomic mass is 9.95. The van der Waals surface area contributed by atoms with Gasteiger partial charge in [0.05, 0.1) is 22.3 Å². The molecule has 0 spiro atoms. The SMILES string of the molecule is Cc1ccc(-c2cc([S+]([O-])Cc3ccccc3)n3ncc(C4(C)NC(=O)NC4=O)c3n2)s1. The molecule has 5 rings (SSSR count). The molecule has 2 N–H and O–H groups in total. The van der Waals surface area contributed by atoms with Crippen LogP contribution in [0, 0.1) is 6.92 Å². The van der Waals surface area contributed by atoms with Crippen LogP contribution in [-0.2, 0) is 27.3 Å². The van der Waals surface area contributed by atoms with Crippen LogP contribution in [0.1, 0.15) is 22.9 Å². The first-order chi connectivity index (χ1) is 15.3. The Morgan fingerprint density at radius 1 is 1.19 bits per heavy atom. The summed E-state index contributed by atoms with van der Waals surface area (Å²) < 4.78 is 14.9. The molecule has 0 radical (unpaired) electrons. The number of carbonyl (C=O) groups is 2. The van der Waals surface area contributed by atoms with Gasteiger partial charge in [-0.3, -0.25) is 10.1 Å². The van der Waals surface area contributed by atoms with Crippen LogP contribution in [0.15, 0.2) is 59.8 Å². The molecule has 8 nitrogen and oxygen atoms in total. The summed E-state index contributed by atoms with van der Waals surface area (Å²) in [5.74, 6) is -0.171. The second-order valence-electron chi connectivity index (χ2n) is 7.69. The molecule has 2 atom stereocenters. The minimum atomic E-state index is -1.43. The molecule has 4 heterocycles. The molecule has 32 heavy (non-hydrogen) atoms. The van der Waals surface area contributed by atoms with Gasteiger partial charge in [0.1, 0.15) is 11.3 Å². The lowest BCUT2D eigenvalue weighted by Gasteiger charge is -2.19. The second kappa shape index (κ2) is 7.73. The van der Waals surface area contributed by atoms with E-state index in [1.807, 2.05) is 49.4 Å². The minimum absolute atomic E-state index is 0.312. The van der Waals surface area contributed by atoms with E-state index in [0.29, 0.717) is 27.7 Å². The van der Waals surface area contributed by atoms with Crippen LogP contribution < -0.4 is 10.6 Å². The third-order valence-corrected chi connectivity index (χ3v) is 7.77. The molecule has 2 unspecified atom stereocenters. The van der Waals surface area contributed by atoms with E-state index in [1.54, 1.807) is 24.3 Å². The number of aromatic nitrogens is 3. The zero-order chi connectivity index (χ0) is 22.5. The van der Waals surface area contributed by atoms with Gasteiger partial charge < -0.3 is 9.87 Å². The Hall–Kier alpha value is -3.21. The normalized spacial score (nSPS) is 19.2. The van der Waals surface area contributed by atoms with Crippen molar-refractivity contribution in [2.24, 2.45) is 0 Å². The Labute approximate surface area is 190 Å². The van der Waals surface area contributed by atoms with Crippen molar-refractivity contribution in [3.8, 4) is 10.6 Å². The molecule has 10 heteroatoms. The predicted octanol–water partition coefficient (Wildman–Crippen LogP) is 3.13. The van der Waals surface area contributed by atoms with Crippen molar-refractivity contribution in [3.63, 3.8) is 0 Å². The first-order valence-corrected chi connectivity index (χ1v) is 12.0. The number of rotatable bonds is 5. The highest BCUT2D eigenvalue weighted by Crippen LogP contribution is 2.33. The van der Waals surface area contributed by atoms with Gasteiger partial charge in [0.25, 0.3) is 5.91 Å². The molecule has 1 saturated heterocycles. The molecule has 0 aliphatic carbocycles. The summed E-state index contributed by atoms with van der Waals surface area (Å²) in [7, 11) is 0. The Bertz CT molecular complexity index is 1350. The molecule has 3 aromatic heterocycles. The molecule has 0 saturated carbocycles. The van der Waals surface area contributed by atoms with Gasteiger partial charge in [-0.15, -0.1) is 11.3 Å². The number of nitrogens with zero attached hydrogens (tertiary/aromatic N) is 3. The zero-order valence-electron chi connectivity index (χ0n) is 17.3. The number of imide groups is 1. The number of carbonyl (C=O) groups excluding carboxylic acids is 2. The fourth-order valence-electron chi connectivity index (χ4n) is 3.68. The van der Waals surface area contributed by atoms with E-state index < -0.39 is 28.7 Å². The Kier molecular flexibility index (Phi) is 5.00. The highest BCUT2D eigenvalue weighted by Gasteiger charge is 2.46. The van der Waals surface area contributed by atoms with Crippen molar-refractivity contribution in [2.75, 3.05) is 0 Å². The first kappa shape index (κ1) is 20.7. The minimum Gasteiger partial charge on any atom is -0.610 e. The quantitative estimate of drug-likeness (QED) is 0.267. The summed E-state index contributed by atoms with van der Waals surface area (Å²) in [4.78, 5) is 31.2. The first-order valence-electron chi connectivity index (χ1n) is 9.87. The second-order valence-corrected chi connectivity index (χ2v) is 10.4. The maximum atomic E-state index is 13.4. The van der Waals surface area contributed by atoms with E-state index >= 15 is 0 Å². The van der Waals surface area contributed by atoms with Crippen LogP contribution in [0.5, 0.6) is 0 Å². The number of urea groups is 1. The average molecular weight is 466 g/mol. The number of nitrogens with one attached hydrogen (secondary N) is 2. The van der Waals surface area contributed by atoms with Gasteiger partial charge in [-0.05, 0) is 26.0 Å². The van der Waals surface area contributed by atoms with Gasteiger partial charge in [-0.2, -0.15) is 9.61 Å². The molecule has 162 valence electrons. The number of hydrogen-bond acceptors (Lipinski definition) is 6. The van der Waals surface area contributed by atoms with Crippen LogP contribution in [-0.4, -0.2) is 31.1 Å². The monoisotopic (exact) mass is 465 g/mol. The number of hydrogen-bond donors (Lipinski definition) is 2. The van der Waals surface area contributed by atoms with E-state index in [9.17, 15) is 14.1 Å². The fourth-order valence-corrected chi connectivity index (χ4v) is 5.72. The third kappa shape index (κ3) is 3.46. The predicted molar refractivity (Wildman–Crippen MR) is 122 cm³/mol. The Morgan fingerprint density at radius 2 is 1.97 bits per heavy atom. The van der Waals surface area contributed by atoms with Crippen LogP contribution in [0.3, 0.4) is 0 Å². The summed E-state index contributed by atoms with van der Waals surface area (Å²) in [5, 5.41) is 9.80. The third-order valence-electron chi connectivity index (χ3n) is 5.39. The van der Waals surface area contributed by atoms with Crippen molar-refractivity contribution >= 4 is 40.1 Å². The Balaban J connectivity index is 1.68. The van der Waals surface area contributed by atoms with Crippen molar-refractivity contribution in [3.05, 3.63) is 70.7 Å². The largest absolute Gasteiger partial charge is 0.610 e. The average Bonchev–Trinajstić information content (AvgIpc) is 3.45. The summed E-state index contributed by atoms with van der Waals surface area (Å²) in [6, 6.07) is 14.7. The topological polar surface area (TPSA) is 111 Å². The van der Waals surface area contributed by atoms with E-state index in [2.05, 4.69) is 15.7 Å².